The van der Waals surface area contributed by atoms with Crippen LogP contribution < -0.4 is 5.32 Å². The molecule has 0 aliphatic carbocycles. The second-order valence-electron chi connectivity index (χ2n) is 4.59. The van der Waals surface area contributed by atoms with E-state index >= 15 is 0 Å². The minimum atomic E-state index is 0.337. The molecule has 0 aromatic carbocycles. The highest BCUT2D eigenvalue weighted by atomic mass is 16.5. The number of rotatable bonds is 4. The van der Waals surface area contributed by atoms with Crippen LogP contribution in [0.4, 0.5) is 0 Å². The van der Waals surface area contributed by atoms with Crippen molar-refractivity contribution >= 4 is 0 Å². The van der Waals surface area contributed by atoms with Crippen LogP contribution in [-0.4, -0.2) is 64.1 Å². The zero-order valence-corrected chi connectivity index (χ0v) is 10.1. The molecule has 0 aromatic rings. The van der Waals surface area contributed by atoms with Crippen LogP contribution in [0.1, 0.15) is 6.42 Å². The normalized spacial score (nSPS) is 27.8. The Morgan fingerprint density at radius 2 is 2.44 bits per heavy atom. The van der Waals surface area contributed by atoms with E-state index in [1.165, 1.54) is 5.57 Å². The van der Waals surface area contributed by atoms with Crippen LogP contribution in [0.3, 0.4) is 0 Å². The average molecular weight is 226 g/mol. The molecule has 4 heteroatoms. The number of hydrogen-bond donors (Lipinski definition) is 1. The Kier molecular flexibility index (Phi) is 4.78. The van der Waals surface area contributed by atoms with Gasteiger partial charge in [0.2, 0.25) is 0 Å². The topological polar surface area (TPSA) is 33.7 Å². The molecule has 0 radical (unpaired) electrons. The van der Waals surface area contributed by atoms with Gasteiger partial charge in [0.05, 0.1) is 25.9 Å². The van der Waals surface area contributed by atoms with Crippen LogP contribution in [0, 0.1) is 0 Å². The first-order chi connectivity index (χ1) is 7.84. The maximum absolute atomic E-state index is 5.68. The lowest BCUT2D eigenvalue weighted by Gasteiger charge is -2.30. The number of likely N-dealkylation sites (N-methyl/N-ethyl adjacent to an activating group) is 1. The zero-order chi connectivity index (χ0) is 11.2. The summed E-state index contributed by atoms with van der Waals surface area (Å²) in [4.78, 5) is 2.32. The summed E-state index contributed by atoms with van der Waals surface area (Å²) < 4.78 is 11.1. The second kappa shape index (κ2) is 6.35. The van der Waals surface area contributed by atoms with Gasteiger partial charge in [-0.05, 0) is 19.0 Å². The highest BCUT2D eigenvalue weighted by Gasteiger charge is 2.17. The number of ether oxygens (including phenoxy) is 2. The lowest BCUT2D eigenvalue weighted by molar-refractivity contribution is -0.0178. The molecule has 2 aliphatic rings. The van der Waals surface area contributed by atoms with Crippen LogP contribution in [0.15, 0.2) is 11.6 Å². The summed E-state index contributed by atoms with van der Waals surface area (Å²) in [5, 5.41) is 3.45. The Hall–Kier alpha value is -0.420. The fourth-order valence-electron chi connectivity index (χ4n) is 2.12. The molecule has 16 heavy (non-hydrogen) atoms. The molecule has 0 spiro atoms. The van der Waals surface area contributed by atoms with Crippen molar-refractivity contribution in [3.63, 3.8) is 0 Å². The van der Waals surface area contributed by atoms with Gasteiger partial charge < -0.3 is 19.7 Å². The van der Waals surface area contributed by atoms with E-state index in [-0.39, 0.29) is 0 Å². The number of nitrogens with zero attached hydrogens (tertiary/aromatic N) is 1. The van der Waals surface area contributed by atoms with Gasteiger partial charge in [0.15, 0.2) is 0 Å². The smallest absolute Gasteiger partial charge is 0.0826 e. The highest BCUT2D eigenvalue weighted by Crippen LogP contribution is 2.05. The number of morpholine rings is 1. The Labute approximate surface area is 97.6 Å². The maximum Gasteiger partial charge on any atom is 0.0826 e. The van der Waals surface area contributed by atoms with Crippen LogP contribution in [-0.2, 0) is 9.47 Å². The average Bonchev–Trinajstić information content (AvgIpc) is 2.30. The SMILES string of the molecule is CN1CCOC(CNCC2=CCCOC2)C1. The monoisotopic (exact) mass is 226 g/mol. The van der Waals surface area contributed by atoms with Crippen molar-refractivity contribution in [1.82, 2.24) is 10.2 Å². The summed E-state index contributed by atoms with van der Waals surface area (Å²) in [6.45, 7) is 6.47. The first kappa shape index (κ1) is 12.0. The molecule has 0 amide bonds. The molecular formula is C12H22N2O2. The fourth-order valence-corrected chi connectivity index (χ4v) is 2.12. The van der Waals surface area contributed by atoms with E-state index in [0.717, 1.165) is 52.4 Å². The van der Waals surface area contributed by atoms with Gasteiger partial charge in [0.25, 0.3) is 0 Å². The molecular weight excluding hydrogens is 204 g/mol. The van der Waals surface area contributed by atoms with Gasteiger partial charge >= 0.3 is 0 Å². The van der Waals surface area contributed by atoms with Crippen molar-refractivity contribution in [2.24, 2.45) is 0 Å². The van der Waals surface area contributed by atoms with E-state index in [9.17, 15) is 0 Å². The van der Waals surface area contributed by atoms with Gasteiger partial charge in [-0.3, -0.25) is 0 Å². The summed E-state index contributed by atoms with van der Waals surface area (Å²) in [5.74, 6) is 0. The molecule has 1 atom stereocenters. The summed E-state index contributed by atoms with van der Waals surface area (Å²) in [6.07, 6.45) is 3.67. The first-order valence-electron chi connectivity index (χ1n) is 6.11. The molecule has 0 bridgehead atoms. The maximum atomic E-state index is 5.68. The van der Waals surface area contributed by atoms with Crippen molar-refractivity contribution in [3.8, 4) is 0 Å². The molecule has 0 aromatic heterocycles. The third kappa shape index (κ3) is 3.87. The van der Waals surface area contributed by atoms with Gasteiger partial charge in [-0.25, -0.2) is 0 Å². The molecule has 2 aliphatic heterocycles. The van der Waals surface area contributed by atoms with Crippen molar-refractivity contribution < 1.29 is 9.47 Å². The predicted molar refractivity (Wildman–Crippen MR) is 63.6 cm³/mol. The quantitative estimate of drug-likeness (QED) is 0.697. The Balaban J connectivity index is 1.61. The zero-order valence-electron chi connectivity index (χ0n) is 10.1. The summed E-state index contributed by atoms with van der Waals surface area (Å²) in [5.41, 5.74) is 1.37. The fraction of sp³-hybridized carbons (Fsp3) is 0.833. The second-order valence-corrected chi connectivity index (χ2v) is 4.59. The lowest BCUT2D eigenvalue weighted by atomic mass is 10.2. The largest absolute Gasteiger partial charge is 0.377 e. The third-order valence-electron chi connectivity index (χ3n) is 3.05. The minimum absolute atomic E-state index is 0.337. The lowest BCUT2D eigenvalue weighted by Crippen LogP contribution is -2.45. The predicted octanol–water partition coefficient (Wildman–Crippen LogP) is 0.253. The van der Waals surface area contributed by atoms with Crippen molar-refractivity contribution in [3.05, 3.63) is 11.6 Å². The molecule has 1 N–H and O–H groups in total. The molecule has 4 nitrogen and oxygen atoms in total. The highest BCUT2D eigenvalue weighted by molar-refractivity contribution is 5.06. The first-order valence-corrected chi connectivity index (χ1v) is 6.11. The van der Waals surface area contributed by atoms with E-state index in [1.807, 2.05) is 0 Å². The van der Waals surface area contributed by atoms with Crippen LogP contribution in [0.2, 0.25) is 0 Å². The van der Waals surface area contributed by atoms with Crippen LogP contribution in [0.25, 0.3) is 0 Å². The van der Waals surface area contributed by atoms with E-state index < -0.39 is 0 Å². The molecule has 0 saturated carbocycles. The van der Waals surface area contributed by atoms with Crippen molar-refractivity contribution in [1.29, 1.82) is 0 Å². The van der Waals surface area contributed by atoms with Gasteiger partial charge in [0, 0.05) is 26.2 Å². The third-order valence-corrected chi connectivity index (χ3v) is 3.05. The van der Waals surface area contributed by atoms with Crippen molar-refractivity contribution in [2.75, 3.05) is 53.0 Å². The summed E-state index contributed by atoms with van der Waals surface area (Å²) >= 11 is 0. The standard InChI is InChI=1S/C12H22N2O2/c1-14-4-6-16-12(9-14)8-13-7-11-3-2-5-15-10-11/h3,12-13H,2,4-10H2,1H3. The Morgan fingerprint density at radius 3 is 3.19 bits per heavy atom. The van der Waals surface area contributed by atoms with E-state index in [4.69, 9.17) is 9.47 Å². The molecule has 1 fully saturated rings. The Morgan fingerprint density at radius 1 is 1.50 bits per heavy atom. The van der Waals surface area contributed by atoms with E-state index in [2.05, 4.69) is 23.3 Å². The summed E-state index contributed by atoms with van der Waals surface area (Å²) in [6, 6.07) is 0. The van der Waals surface area contributed by atoms with Gasteiger partial charge in [-0.1, -0.05) is 6.08 Å². The molecule has 92 valence electrons. The number of nitrogens with one attached hydrogen (secondary N) is 1. The van der Waals surface area contributed by atoms with Crippen molar-refractivity contribution in [2.45, 2.75) is 12.5 Å². The molecule has 2 heterocycles. The van der Waals surface area contributed by atoms with E-state index in [1.54, 1.807) is 0 Å². The number of hydrogen-bond acceptors (Lipinski definition) is 4. The molecule has 1 saturated heterocycles. The molecule has 2 rings (SSSR count). The minimum Gasteiger partial charge on any atom is -0.377 e. The Bertz CT molecular complexity index is 243. The van der Waals surface area contributed by atoms with Crippen LogP contribution in [0.5, 0.6) is 0 Å². The summed E-state index contributed by atoms with van der Waals surface area (Å²) in [7, 11) is 2.15. The molecule has 1 unspecified atom stereocenters. The van der Waals surface area contributed by atoms with E-state index in [0.29, 0.717) is 6.10 Å². The van der Waals surface area contributed by atoms with Gasteiger partial charge in [0.1, 0.15) is 0 Å². The van der Waals surface area contributed by atoms with Gasteiger partial charge in [-0.15, -0.1) is 0 Å². The van der Waals surface area contributed by atoms with Crippen LogP contribution >= 0.6 is 0 Å². The van der Waals surface area contributed by atoms with Gasteiger partial charge in [-0.2, -0.15) is 0 Å².